The van der Waals surface area contributed by atoms with Crippen molar-refractivity contribution < 1.29 is 13.5 Å². The Kier molecular flexibility index (Phi) is 3.31. The Balaban J connectivity index is 2.24. The molecule has 1 aliphatic carbocycles. The van der Waals surface area contributed by atoms with Gasteiger partial charge in [0, 0.05) is 12.8 Å². The van der Waals surface area contributed by atoms with E-state index in [1.807, 2.05) is 0 Å². The highest BCUT2D eigenvalue weighted by molar-refractivity contribution is 7.14. The first-order chi connectivity index (χ1) is 7.86. The fourth-order valence-corrected chi connectivity index (χ4v) is 3.33. The molecule has 0 aliphatic heterocycles. The van der Waals surface area contributed by atoms with E-state index in [1.165, 1.54) is 18.4 Å². The van der Waals surface area contributed by atoms with Gasteiger partial charge in [-0.1, -0.05) is 22.9 Å². The predicted molar refractivity (Wildman–Crippen MR) is 63.0 cm³/mol. The zero-order valence-electron chi connectivity index (χ0n) is 9.30. The summed E-state index contributed by atoms with van der Waals surface area (Å²) in [5.74, 6) is -2.61. The van der Waals surface area contributed by atoms with Gasteiger partial charge in [0.1, 0.15) is 5.15 Å². The first-order valence-electron chi connectivity index (χ1n) is 5.24. The Labute approximate surface area is 107 Å². The molecule has 1 saturated carbocycles. The van der Waals surface area contributed by atoms with E-state index in [2.05, 4.69) is 4.98 Å². The van der Waals surface area contributed by atoms with Crippen LogP contribution in [0.25, 0.3) is 0 Å². The second kappa shape index (κ2) is 4.33. The number of thiazole rings is 1. The summed E-state index contributed by atoms with van der Waals surface area (Å²) < 4.78 is 31.2. The summed E-state index contributed by atoms with van der Waals surface area (Å²) in [5.41, 5.74) is 5.37. The van der Waals surface area contributed by atoms with Crippen molar-refractivity contribution in [2.45, 2.75) is 37.1 Å². The number of aromatic nitrogens is 1. The minimum atomic E-state index is -2.61. The van der Waals surface area contributed by atoms with E-state index >= 15 is 0 Å². The molecular weight excluding hydrogens is 270 g/mol. The highest BCUT2D eigenvalue weighted by Gasteiger charge is 2.44. The molecule has 0 spiro atoms. The fraction of sp³-hybridized carbons (Fsp3) is 0.700. The van der Waals surface area contributed by atoms with Crippen LogP contribution in [0.15, 0.2) is 0 Å². The third-order valence-electron chi connectivity index (χ3n) is 3.07. The standard InChI is InChI=1S/C10H13ClF2N2OS/c1-16-8-15-7(11)6(17-8)9(14)2-4-10(12,13)5-3-9/h2-5,14H2,1H3. The van der Waals surface area contributed by atoms with Gasteiger partial charge in [-0.05, 0) is 12.8 Å². The Bertz CT molecular complexity index is 414. The first kappa shape index (κ1) is 13.0. The number of nitrogens with two attached hydrogens (primary N) is 1. The lowest BCUT2D eigenvalue weighted by Gasteiger charge is -2.36. The maximum absolute atomic E-state index is 13.1. The van der Waals surface area contributed by atoms with Crippen LogP contribution in [0.5, 0.6) is 5.19 Å². The van der Waals surface area contributed by atoms with Crippen LogP contribution >= 0.6 is 22.9 Å². The minimum absolute atomic E-state index is 0.208. The van der Waals surface area contributed by atoms with Crippen molar-refractivity contribution in [3.05, 3.63) is 10.0 Å². The Morgan fingerprint density at radius 2 is 1.94 bits per heavy atom. The fourth-order valence-electron chi connectivity index (χ4n) is 1.97. The monoisotopic (exact) mass is 282 g/mol. The maximum atomic E-state index is 13.1. The van der Waals surface area contributed by atoms with Crippen molar-refractivity contribution >= 4 is 22.9 Å². The van der Waals surface area contributed by atoms with Gasteiger partial charge < -0.3 is 10.5 Å². The number of hydrogen-bond acceptors (Lipinski definition) is 4. The van der Waals surface area contributed by atoms with E-state index in [0.717, 1.165) is 0 Å². The summed E-state index contributed by atoms with van der Waals surface area (Å²) in [6.07, 6.45) is 0.0101. The van der Waals surface area contributed by atoms with E-state index in [0.29, 0.717) is 10.1 Å². The van der Waals surface area contributed by atoms with Crippen LogP contribution < -0.4 is 10.5 Å². The molecule has 96 valence electrons. The van der Waals surface area contributed by atoms with E-state index in [1.54, 1.807) is 0 Å². The Hall–Kier alpha value is -0.460. The van der Waals surface area contributed by atoms with Crippen LogP contribution in [0.1, 0.15) is 30.6 Å². The molecule has 1 aromatic heterocycles. The van der Waals surface area contributed by atoms with E-state index in [-0.39, 0.29) is 30.8 Å². The molecule has 1 heterocycles. The number of alkyl halides is 2. The SMILES string of the molecule is COc1nc(Cl)c(C2(N)CCC(F)(F)CC2)s1. The Morgan fingerprint density at radius 3 is 2.41 bits per heavy atom. The van der Waals surface area contributed by atoms with Crippen molar-refractivity contribution in [3.63, 3.8) is 0 Å². The number of ether oxygens (including phenoxy) is 1. The molecule has 2 N–H and O–H groups in total. The smallest absolute Gasteiger partial charge is 0.274 e. The molecule has 0 unspecified atom stereocenters. The second-order valence-corrected chi connectivity index (χ2v) is 5.64. The summed E-state index contributed by atoms with van der Waals surface area (Å²) in [6.45, 7) is 0. The lowest BCUT2D eigenvalue weighted by molar-refractivity contribution is -0.0509. The predicted octanol–water partition coefficient (Wildman–Crippen LogP) is 3.17. The highest BCUT2D eigenvalue weighted by Crippen LogP contribution is 2.46. The van der Waals surface area contributed by atoms with Crippen molar-refractivity contribution in [2.24, 2.45) is 5.73 Å². The van der Waals surface area contributed by atoms with Gasteiger partial charge in [-0.3, -0.25) is 0 Å². The summed E-state index contributed by atoms with van der Waals surface area (Å²) in [6, 6.07) is 0. The van der Waals surface area contributed by atoms with Gasteiger partial charge >= 0.3 is 0 Å². The molecule has 1 fully saturated rings. The quantitative estimate of drug-likeness (QED) is 0.906. The van der Waals surface area contributed by atoms with Gasteiger partial charge in [0.15, 0.2) is 0 Å². The third-order valence-corrected chi connectivity index (χ3v) is 4.69. The lowest BCUT2D eigenvalue weighted by Crippen LogP contribution is -2.43. The lowest BCUT2D eigenvalue weighted by atomic mass is 9.80. The van der Waals surface area contributed by atoms with Crippen LogP contribution in [-0.4, -0.2) is 18.0 Å². The number of methoxy groups -OCH3 is 1. The van der Waals surface area contributed by atoms with Gasteiger partial charge in [-0.15, -0.1) is 0 Å². The van der Waals surface area contributed by atoms with Gasteiger partial charge in [0.2, 0.25) is 5.92 Å². The van der Waals surface area contributed by atoms with E-state index in [9.17, 15) is 8.78 Å². The molecule has 1 aromatic rings. The molecule has 1 aliphatic rings. The normalized spacial score (nSPS) is 22.4. The van der Waals surface area contributed by atoms with Crippen LogP contribution in [0, 0.1) is 0 Å². The average molecular weight is 283 g/mol. The third kappa shape index (κ3) is 2.53. The topological polar surface area (TPSA) is 48.1 Å². The van der Waals surface area contributed by atoms with E-state index < -0.39 is 11.5 Å². The number of hydrogen-bond donors (Lipinski definition) is 1. The van der Waals surface area contributed by atoms with Crippen molar-refractivity contribution in [2.75, 3.05) is 7.11 Å². The van der Waals surface area contributed by atoms with Crippen molar-refractivity contribution in [1.29, 1.82) is 0 Å². The number of halogens is 3. The molecule has 0 radical (unpaired) electrons. The zero-order chi connectivity index (χ0) is 12.7. The van der Waals surface area contributed by atoms with Crippen LogP contribution in [-0.2, 0) is 5.54 Å². The molecule has 0 amide bonds. The first-order valence-corrected chi connectivity index (χ1v) is 6.43. The van der Waals surface area contributed by atoms with Crippen LogP contribution in [0.3, 0.4) is 0 Å². The zero-order valence-corrected chi connectivity index (χ0v) is 10.9. The molecular formula is C10H13ClF2N2OS. The molecule has 0 bridgehead atoms. The van der Waals surface area contributed by atoms with Crippen molar-refractivity contribution in [3.8, 4) is 5.19 Å². The van der Waals surface area contributed by atoms with Crippen molar-refractivity contribution in [1.82, 2.24) is 4.98 Å². The Morgan fingerprint density at radius 1 is 1.35 bits per heavy atom. The number of nitrogens with zero attached hydrogens (tertiary/aromatic N) is 1. The molecule has 2 rings (SSSR count). The molecule has 0 atom stereocenters. The summed E-state index contributed by atoms with van der Waals surface area (Å²) >= 11 is 7.20. The maximum Gasteiger partial charge on any atom is 0.274 e. The summed E-state index contributed by atoms with van der Waals surface area (Å²) in [7, 11) is 1.48. The van der Waals surface area contributed by atoms with Crippen LogP contribution in [0.2, 0.25) is 5.15 Å². The second-order valence-electron chi connectivity index (χ2n) is 4.32. The summed E-state index contributed by atoms with van der Waals surface area (Å²) in [5, 5.41) is 0.673. The molecule has 3 nitrogen and oxygen atoms in total. The van der Waals surface area contributed by atoms with Gasteiger partial charge in [0.05, 0.1) is 17.5 Å². The van der Waals surface area contributed by atoms with Crippen LogP contribution in [0.4, 0.5) is 8.78 Å². The minimum Gasteiger partial charge on any atom is -0.473 e. The highest BCUT2D eigenvalue weighted by atomic mass is 35.5. The summed E-state index contributed by atoms with van der Waals surface area (Å²) in [4.78, 5) is 4.63. The van der Waals surface area contributed by atoms with E-state index in [4.69, 9.17) is 22.1 Å². The largest absolute Gasteiger partial charge is 0.473 e. The van der Waals surface area contributed by atoms with Gasteiger partial charge in [0.25, 0.3) is 5.19 Å². The molecule has 17 heavy (non-hydrogen) atoms. The van der Waals surface area contributed by atoms with Gasteiger partial charge in [-0.25, -0.2) is 8.78 Å². The molecule has 0 aromatic carbocycles. The average Bonchev–Trinajstić information content (AvgIpc) is 2.65. The molecule has 7 heteroatoms. The van der Waals surface area contributed by atoms with Gasteiger partial charge in [-0.2, -0.15) is 4.98 Å². The number of rotatable bonds is 2. The molecule has 0 saturated heterocycles.